The second-order valence-corrected chi connectivity index (χ2v) is 12.4. The van der Waals surface area contributed by atoms with E-state index in [0.717, 1.165) is 9.87 Å². The van der Waals surface area contributed by atoms with Crippen molar-refractivity contribution in [1.29, 1.82) is 0 Å². The molecule has 0 fully saturated rings. The van der Waals surface area contributed by atoms with Gasteiger partial charge < -0.3 is 19.7 Å². The van der Waals surface area contributed by atoms with Gasteiger partial charge in [-0.1, -0.05) is 62.7 Å². The van der Waals surface area contributed by atoms with Crippen molar-refractivity contribution in [2.24, 2.45) is 5.92 Å². The fourth-order valence-corrected chi connectivity index (χ4v) is 5.92. The Morgan fingerprint density at radius 3 is 2.19 bits per heavy atom. The van der Waals surface area contributed by atoms with Crippen LogP contribution in [0.2, 0.25) is 5.02 Å². The number of carbonyl (C=O) groups excluding carboxylic acids is 2. The van der Waals surface area contributed by atoms with E-state index in [9.17, 15) is 18.0 Å². The van der Waals surface area contributed by atoms with E-state index in [-0.39, 0.29) is 34.7 Å². The van der Waals surface area contributed by atoms with E-state index in [1.165, 1.54) is 37.3 Å². The minimum atomic E-state index is -4.26. The maximum Gasteiger partial charge on any atom is 0.264 e. The molecule has 3 rings (SSSR count). The van der Waals surface area contributed by atoms with Crippen LogP contribution in [-0.2, 0) is 26.2 Å². The molecule has 9 nitrogen and oxygen atoms in total. The van der Waals surface area contributed by atoms with Crippen molar-refractivity contribution in [3.63, 3.8) is 0 Å². The lowest BCUT2D eigenvalue weighted by atomic mass is 10.1. The number of amides is 2. The molecule has 0 spiro atoms. The smallest absolute Gasteiger partial charge is 0.264 e. The van der Waals surface area contributed by atoms with Gasteiger partial charge in [-0.15, -0.1) is 0 Å². The van der Waals surface area contributed by atoms with Crippen LogP contribution in [0.1, 0.15) is 32.8 Å². The van der Waals surface area contributed by atoms with E-state index in [1.807, 2.05) is 20.8 Å². The molecule has 2 amide bonds. The maximum atomic E-state index is 14.2. The second-order valence-electron chi connectivity index (χ2n) is 10.1. The number of anilines is 1. The molecule has 11 heteroatoms. The number of carbonyl (C=O) groups is 2. The third-order valence-electron chi connectivity index (χ3n) is 6.60. The van der Waals surface area contributed by atoms with Crippen LogP contribution in [0.3, 0.4) is 0 Å². The van der Waals surface area contributed by atoms with Crippen LogP contribution in [0.25, 0.3) is 0 Å². The van der Waals surface area contributed by atoms with Crippen LogP contribution in [0.5, 0.6) is 11.5 Å². The first kappa shape index (κ1) is 32.8. The van der Waals surface area contributed by atoms with Crippen LogP contribution in [-0.4, -0.2) is 58.5 Å². The fourth-order valence-electron chi connectivity index (χ4n) is 4.35. The van der Waals surface area contributed by atoms with Crippen LogP contribution >= 0.6 is 11.6 Å². The quantitative estimate of drug-likeness (QED) is 0.270. The largest absolute Gasteiger partial charge is 0.497 e. The third kappa shape index (κ3) is 8.17. The first-order valence-corrected chi connectivity index (χ1v) is 15.4. The van der Waals surface area contributed by atoms with Gasteiger partial charge in [0.25, 0.3) is 10.0 Å². The monoisotopic (exact) mass is 615 g/mol. The van der Waals surface area contributed by atoms with Gasteiger partial charge in [-0.3, -0.25) is 13.9 Å². The third-order valence-corrected chi connectivity index (χ3v) is 8.63. The van der Waals surface area contributed by atoms with Crippen molar-refractivity contribution < 1.29 is 27.5 Å². The van der Waals surface area contributed by atoms with Crippen molar-refractivity contribution in [2.45, 2.75) is 44.7 Å². The zero-order valence-corrected chi connectivity index (χ0v) is 26.1. The summed E-state index contributed by atoms with van der Waals surface area (Å²) in [7, 11) is -1.38. The number of methoxy groups -OCH3 is 2. The molecule has 0 unspecified atom stereocenters. The highest BCUT2D eigenvalue weighted by Gasteiger charge is 2.35. The molecule has 0 saturated carbocycles. The normalized spacial score (nSPS) is 12.0. The molecule has 1 N–H and O–H groups in total. The molecule has 0 radical (unpaired) electrons. The molecule has 1 atom stereocenters. The molecule has 0 aliphatic rings. The van der Waals surface area contributed by atoms with Crippen LogP contribution < -0.4 is 19.1 Å². The Balaban J connectivity index is 2.12. The summed E-state index contributed by atoms with van der Waals surface area (Å²) >= 11 is 6.08. The van der Waals surface area contributed by atoms with Gasteiger partial charge in [0.05, 0.1) is 24.8 Å². The van der Waals surface area contributed by atoms with Gasteiger partial charge in [-0.2, -0.15) is 0 Å². The number of rotatable bonds is 14. The van der Waals surface area contributed by atoms with Crippen LogP contribution in [0.15, 0.2) is 77.7 Å². The van der Waals surface area contributed by atoms with Crippen LogP contribution in [0.4, 0.5) is 5.69 Å². The van der Waals surface area contributed by atoms with Crippen molar-refractivity contribution in [2.75, 3.05) is 31.6 Å². The van der Waals surface area contributed by atoms with Gasteiger partial charge in [0.2, 0.25) is 11.8 Å². The molecule has 0 aliphatic carbocycles. The Bertz CT molecular complexity index is 1450. The molecule has 0 aromatic heterocycles. The fraction of sp³-hybridized carbons (Fsp3) is 0.355. The lowest BCUT2D eigenvalue weighted by molar-refractivity contribution is -0.140. The molecule has 3 aromatic carbocycles. The number of benzene rings is 3. The zero-order chi connectivity index (χ0) is 30.9. The van der Waals surface area contributed by atoms with E-state index in [4.69, 9.17) is 21.1 Å². The number of ether oxygens (including phenoxy) is 2. The molecule has 226 valence electrons. The topological polar surface area (TPSA) is 105 Å². The summed E-state index contributed by atoms with van der Waals surface area (Å²) in [6.45, 7) is 5.68. The number of nitrogens with one attached hydrogen (secondary N) is 1. The average molecular weight is 616 g/mol. The van der Waals surface area contributed by atoms with E-state index >= 15 is 0 Å². The number of nitrogens with zero attached hydrogens (tertiary/aromatic N) is 2. The Labute approximate surface area is 253 Å². The summed E-state index contributed by atoms with van der Waals surface area (Å²) in [5, 5.41) is 3.45. The lowest BCUT2D eigenvalue weighted by Gasteiger charge is -2.33. The highest BCUT2D eigenvalue weighted by Crippen LogP contribution is 2.36. The van der Waals surface area contributed by atoms with E-state index < -0.39 is 28.5 Å². The maximum absolute atomic E-state index is 14.2. The zero-order valence-electron chi connectivity index (χ0n) is 24.5. The number of hydrogen-bond donors (Lipinski definition) is 1. The standard InChI is InChI=1S/C31H38ClN3O6S/c1-6-27(31(37)33-19-22(2)3)34(20-23-12-14-24(32)15-13-23)30(36)21-35(42(38,39)26-10-8-7-9-11-26)28-18-25(40-4)16-17-29(28)41-5/h7-18,22,27H,6,19-21H2,1-5H3,(H,33,37)/t27-/m1/s1. The Kier molecular flexibility index (Phi) is 11.6. The van der Waals surface area contributed by atoms with Gasteiger partial charge in [0, 0.05) is 24.2 Å². The van der Waals surface area contributed by atoms with Crippen molar-refractivity contribution in [3.8, 4) is 11.5 Å². The highest BCUT2D eigenvalue weighted by atomic mass is 35.5. The second kappa shape index (κ2) is 14.9. The minimum absolute atomic E-state index is 0.00589. The molecule has 0 saturated heterocycles. The molecular formula is C31H38ClN3O6S. The lowest BCUT2D eigenvalue weighted by Crippen LogP contribution is -2.52. The average Bonchev–Trinajstić information content (AvgIpc) is 2.99. The minimum Gasteiger partial charge on any atom is -0.497 e. The number of hydrogen-bond acceptors (Lipinski definition) is 6. The Hall–Kier alpha value is -3.76. The molecule has 0 aliphatic heterocycles. The highest BCUT2D eigenvalue weighted by molar-refractivity contribution is 7.92. The molecule has 3 aromatic rings. The summed E-state index contributed by atoms with van der Waals surface area (Å²) in [4.78, 5) is 29.0. The molecular weight excluding hydrogens is 578 g/mol. The molecule has 0 heterocycles. The summed E-state index contributed by atoms with van der Waals surface area (Å²) in [6.07, 6.45) is 0.317. The van der Waals surface area contributed by atoms with Gasteiger partial charge in [0.1, 0.15) is 24.1 Å². The predicted octanol–water partition coefficient (Wildman–Crippen LogP) is 5.13. The van der Waals surface area contributed by atoms with E-state index in [0.29, 0.717) is 23.7 Å². The summed E-state index contributed by atoms with van der Waals surface area (Å²) in [6, 6.07) is 18.6. The molecule has 42 heavy (non-hydrogen) atoms. The van der Waals surface area contributed by atoms with Gasteiger partial charge in [-0.05, 0) is 54.3 Å². The van der Waals surface area contributed by atoms with Crippen molar-refractivity contribution in [1.82, 2.24) is 10.2 Å². The predicted molar refractivity (Wildman–Crippen MR) is 164 cm³/mol. The van der Waals surface area contributed by atoms with Gasteiger partial charge in [-0.25, -0.2) is 8.42 Å². The first-order chi connectivity index (χ1) is 20.0. The number of sulfonamides is 1. The van der Waals surface area contributed by atoms with E-state index in [1.54, 1.807) is 54.6 Å². The Morgan fingerprint density at radius 1 is 0.952 bits per heavy atom. The molecule has 0 bridgehead atoms. The van der Waals surface area contributed by atoms with Gasteiger partial charge in [0.15, 0.2) is 0 Å². The van der Waals surface area contributed by atoms with Crippen molar-refractivity contribution >= 4 is 39.1 Å². The number of halogens is 1. The van der Waals surface area contributed by atoms with Gasteiger partial charge >= 0.3 is 0 Å². The SMILES string of the molecule is CC[C@H](C(=O)NCC(C)C)N(Cc1ccc(Cl)cc1)C(=O)CN(c1cc(OC)ccc1OC)S(=O)(=O)c1ccccc1. The first-order valence-electron chi connectivity index (χ1n) is 13.6. The summed E-state index contributed by atoms with van der Waals surface area (Å²) in [5.41, 5.74) is 0.858. The van der Waals surface area contributed by atoms with Crippen molar-refractivity contribution in [3.05, 3.63) is 83.4 Å². The summed E-state index contributed by atoms with van der Waals surface area (Å²) < 4.78 is 40.0. The summed E-state index contributed by atoms with van der Waals surface area (Å²) in [5.74, 6) is -0.0668. The Morgan fingerprint density at radius 2 is 1.62 bits per heavy atom. The van der Waals surface area contributed by atoms with Crippen LogP contribution in [0, 0.1) is 5.92 Å². The van der Waals surface area contributed by atoms with E-state index in [2.05, 4.69) is 5.32 Å².